The largest absolute Gasteiger partial charge is 0.368 e. The second-order valence-electron chi connectivity index (χ2n) is 6.17. The molecule has 3 nitrogen and oxygen atoms in total. The lowest BCUT2D eigenvalue weighted by Gasteiger charge is -2.35. The van der Waals surface area contributed by atoms with Gasteiger partial charge in [-0.05, 0) is 39.5 Å². The number of rotatable bonds is 6. The first kappa shape index (κ1) is 14.5. The van der Waals surface area contributed by atoms with Gasteiger partial charge in [0.15, 0.2) is 0 Å². The van der Waals surface area contributed by atoms with E-state index in [-0.39, 0.29) is 5.60 Å². The molecule has 0 bridgehead atoms. The number of thiazole rings is 1. The highest BCUT2D eigenvalue weighted by Gasteiger charge is 2.38. The number of nitrogens with one attached hydrogen (secondary N) is 1. The molecule has 0 radical (unpaired) electrons. The van der Waals surface area contributed by atoms with Crippen LogP contribution in [0.4, 0.5) is 0 Å². The van der Waals surface area contributed by atoms with Gasteiger partial charge >= 0.3 is 0 Å². The standard InChI is InChI=1S/C16H26N2OS/c1-3-19-16(9-5-4-6-10-16)15-18-12(2)14(20-15)11-17-13-7-8-13/h13,17H,3-11H2,1-2H3. The summed E-state index contributed by atoms with van der Waals surface area (Å²) in [5.74, 6) is 0. The summed E-state index contributed by atoms with van der Waals surface area (Å²) in [4.78, 5) is 6.28. The normalized spacial score (nSPS) is 22.1. The summed E-state index contributed by atoms with van der Waals surface area (Å²) in [7, 11) is 0. The maximum atomic E-state index is 6.19. The summed E-state index contributed by atoms with van der Waals surface area (Å²) in [5, 5.41) is 4.83. The second-order valence-corrected chi connectivity index (χ2v) is 7.25. The first-order valence-electron chi connectivity index (χ1n) is 8.07. The monoisotopic (exact) mass is 294 g/mol. The van der Waals surface area contributed by atoms with Crippen LogP contribution in [-0.4, -0.2) is 17.6 Å². The van der Waals surface area contributed by atoms with Gasteiger partial charge in [-0.2, -0.15) is 0 Å². The minimum absolute atomic E-state index is 0.0831. The lowest BCUT2D eigenvalue weighted by atomic mass is 9.85. The van der Waals surface area contributed by atoms with Gasteiger partial charge in [-0.25, -0.2) is 4.98 Å². The average Bonchev–Trinajstić information content (AvgIpc) is 3.21. The molecule has 0 aromatic carbocycles. The van der Waals surface area contributed by atoms with Crippen LogP contribution in [-0.2, 0) is 16.9 Å². The van der Waals surface area contributed by atoms with E-state index in [4.69, 9.17) is 9.72 Å². The molecule has 1 heterocycles. The molecule has 0 atom stereocenters. The van der Waals surface area contributed by atoms with Crippen LogP contribution in [0.1, 0.15) is 67.4 Å². The van der Waals surface area contributed by atoms with Gasteiger partial charge in [0.25, 0.3) is 0 Å². The van der Waals surface area contributed by atoms with Gasteiger partial charge in [-0.1, -0.05) is 19.3 Å². The minimum atomic E-state index is -0.0831. The lowest BCUT2D eigenvalue weighted by molar-refractivity contribution is -0.0705. The molecule has 2 fully saturated rings. The molecule has 0 unspecified atom stereocenters. The van der Waals surface area contributed by atoms with Gasteiger partial charge in [-0.3, -0.25) is 0 Å². The van der Waals surface area contributed by atoms with Crippen molar-refractivity contribution in [3.63, 3.8) is 0 Å². The third-order valence-corrected chi connectivity index (χ3v) is 5.84. The average molecular weight is 294 g/mol. The summed E-state index contributed by atoms with van der Waals surface area (Å²) >= 11 is 1.88. The zero-order valence-electron chi connectivity index (χ0n) is 12.7. The molecule has 1 N–H and O–H groups in total. The quantitative estimate of drug-likeness (QED) is 0.864. The van der Waals surface area contributed by atoms with Crippen LogP contribution >= 0.6 is 11.3 Å². The van der Waals surface area contributed by atoms with E-state index in [1.165, 1.54) is 47.7 Å². The molecule has 1 aromatic heterocycles. The van der Waals surface area contributed by atoms with Crippen molar-refractivity contribution in [3.05, 3.63) is 15.6 Å². The number of aromatic nitrogens is 1. The predicted octanol–water partition coefficient (Wildman–Crippen LogP) is 3.90. The van der Waals surface area contributed by atoms with Crippen molar-refractivity contribution in [3.8, 4) is 0 Å². The smallest absolute Gasteiger partial charge is 0.125 e. The van der Waals surface area contributed by atoms with E-state index in [2.05, 4.69) is 19.2 Å². The molecule has 2 aliphatic rings. The molecule has 0 aliphatic heterocycles. The molecule has 20 heavy (non-hydrogen) atoms. The van der Waals surface area contributed by atoms with Crippen molar-refractivity contribution in [1.29, 1.82) is 0 Å². The molecule has 3 rings (SSSR count). The van der Waals surface area contributed by atoms with E-state index in [1.54, 1.807) is 0 Å². The van der Waals surface area contributed by atoms with E-state index >= 15 is 0 Å². The zero-order valence-corrected chi connectivity index (χ0v) is 13.5. The molecule has 1 aromatic rings. The van der Waals surface area contributed by atoms with Gasteiger partial charge in [-0.15, -0.1) is 11.3 Å². The SMILES string of the molecule is CCOC1(c2nc(C)c(CNC3CC3)s2)CCCCC1. The van der Waals surface area contributed by atoms with Crippen LogP contribution in [0.3, 0.4) is 0 Å². The Labute approximate surface area is 126 Å². The fourth-order valence-corrected chi connectivity index (χ4v) is 4.34. The molecule has 4 heteroatoms. The highest BCUT2D eigenvalue weighted by atomic mass is 32.1. The Hall–Kier alpha value is -0.450. The maximum absolute atomic E-state index is 6.19. The topological polar surface area (TPSA) is 34.1 Å². The van der Waals surface area contributed by atoms with E-state index in [0.29, 0.717) is 0 Å². The Bertz CT molecular complexity index is 442. The first-order chi connectivity index (χ1) is 9.73. The van der Waals surface area contributed by atoms with Gasteiger partial charge in [0, 0.05) is 24.1 Å². The molecule has 0 saturated heterocycles. The highest BCUT2D eigenvalue weighted by Crippen LogP contribution is 2.42. The third-order valence-electron chi connectivity index (χ3n) is 4.49. The zero-order chi connectivity index (χ0) is 14.0. The molecule has 2 saturated carbocycles. The van der Waals surface area contributed by atoms with E-state index in [0.717, 1.165) is 32.0 Å². The Kier molecular flexibility index (Phi) is 4.43. The maximum Gasteiger partial charge on any atom is 0.125 e. The van der Waals surface area contributed by atoms with Crippen LogP contribution < -0.4 is 5.32 Å². The number of aryl methyl sites for hydroxylation is 1. The van der Waals surface area contributed by atoms with Crippen LogP contribution in [0.5, 0.6) is 0 Å². The van der Waals surface area contributed by atoms with Crippen molar-refractivity contribution in [2.75, 3.05) is 6.61 Å². The molecular formula is C16H26N2OS. The summed E-state index contributed by atoms with van der Waals surface area (Å²) in [5.41, 5.74) is 1.11. The molecule has 112 valence electrons. The third kappa shape index (κ3) is 3.07. The number of hydrogen-bond donors (Lipinski definition) is 1. The summed E-state index contributed by atoms with van der Waals surface area (Å²) in [6.45, 7) is 6.02. The predicted molar refractivity (Wildman–Crippen MR) is 83.1 cm³/mol. The van der Waals surface area contributed by atoms with E-state index in [1.807, 2.05) is 11.3 Å². The number of ether oxygens (including phenoxy) is 1. The minimum Gasteiger partial charge on any atom is -0.368 e. The number of nitrogens with zero attached hydrogens (tertiary/aromatic N) is 1. The Morgan fingerprint density at radius 1 is 1.30 bits per heavy atom. The molecule has 0 spiro atoms. The molecular weight excluding hydrogens is 268 g/mol. The fraction of sp³-hybridized carbons (Fsp3) is 0.812. The van der Waals surface area contributed by atoms with Crippen LogP contribution in [0.2, 0.25) is 0 Å². The van der Waals surface area contributed by atoms with Crippen molar-refractivity contribution in [2.24, 2.45) is 0 Å². The molecule has 2 aliphatic carbocycles. The van der Waals surface area contributed by atoms with Crippen molar-refractivity contribution >= 4 is 11.3 Å². The Balaban J connectivity index is 1.77. The Morgan fingerprint density at radius 3 is 2.70 bits per heavy atom. The molecule has 0 amide bonds. The van der Waals surface area contributed by atoms with Crippen LogP contribution in [0.25, 0.3) is 0 Å². The fourth-order valence-electron chi connectivity index (χ4n) is 3.13. The van der Waals surface area contributed by atoms with Gasteiger partial charge in [0.2, 0.25) is 0 Å². The lowest BCUT2D eigenvalue weighted by Crippen LogP contribution is -2.32. The van der Waals surface area contributed by atoms with Gasteiger partial charge in [0.05, 0.1) is 5.69 Å². The first-order valence-corrected chi connectivity index (χ1v) is 8.89. The second kappa shape index (κ2) is 6.12. The highest BCUT2D eigenvalue weighted by molar-refractivity contribution is 7.11. The summed E-state index contributed by atoms with van der Waals surface area (Å²) < 4.78 is 6.19. The van der Waals surface area contributed by atoms with Crippen molar-refractivity contribution in [2.45, 2.75) is 77.0 Å². The summed E-state index contributed by atoms with van der Waals surface area (Å²) in [6, 6.07) is 0.760. The van der Waals surface area contributed by atoms with Crippen LogP contribution in [0.15, 0.2) is 0 Å². The van der Waals surface area contributed by atoms with Crippen LogP contribution in [0, 0.1) is 6.92 Å². The van der Waals surface area contributed by atoms with Crippen molar-refractivity contribution < 1.29 is 4.74 Å². The van der Waals surface area contributed by atoms with Crippen molar-refractivity contribution in [1.82, 2.24) is 10.3 Å². The number of hydrogen-bond acceptors (Lipinski definition) is 4. The summed E-state index contributed by atoms with van der Waals surface area (Å²) in [6.07, 6.45) is 8.85. The van der Waals surface area contributed by atoms with Gasteiger partial charge in [0.1, 0.15) is 10.6 Å². The van der Waals surface area contributed by atoms with E-state index in [9.17, 15) is 0 Å². The Morgan fingerprint density at radius 2 is 2.05 bits per heavy atom. The van der Waals surface area contributed by atoms with E-state index < -0.39 is 0 Å². The van der Waals surface area contributed by atoms with Gasteiger partial charge < -0.3 is 10.1 Å².